The van der Waals surface area contributed by atoms with Crippen LogP contribution in [0.15, 0.2) is 243 Å². The lowest BCUT2D eigenvalue weighted by Gasteiger charge is -2.46. The summed E-state index contributed by atoms with van der Waals surface area (Å²) in [4.78, 5) is 5.02. The molecule has 0 atom stereocenters. The van der Waals surface area contributed by atoms with Gasteiger partial charge in [-0.3, -0.25) is 0 Å². The van der Waals surface area contributed by atoms with Gasteiger partial charge in [-0.15, -0.1) is 0 Å². The molecule has 0 aromatic heterocycles. The quantitative estimate of drug-likeness (QED) is 0.158. The fraction of sp³-hybridized carbons (Fsp3) is 0. The highest BCUT2D eigenvalue weighted by Gasteiger charge is 2.51. The Bertz CT molecular complexity index is 2780. The minimum Gasteiger partial charge on any atom is -0.311 e. The summed E-state index contributed by atoms with van der Waals surface area (Å²) in [7, 11) is -5.66. The maximum atomic E-state index is 2.55. The summed E-state index contributed by atoms with van der Waals surface area (Å²) in [6.07, 6.45) is 0. The summed E-state index contributed by atoms with van der Waals surface area (Å²) < 4.78 is 0. The van der Waals surface area contributed by atoms with Crippen molar-refractivity contribution in [3.63, 3.8) is 0 Å². The Labute approximate surface area is 342 Å². The third-order valence-corrected chi connectivity index (χ3v) is 22.1. The third-order valence-electron chi connectivity index (χ3n) is 12.4. The van der Waals surface area contributed by atoms with Gasteiger partial charge >= 0.3 is 0 Å². The third kappa shape index (κ3) is 4.95. The summed E-state index contributed by atoms with van der Waals surface area (Å²) in [5, 5.41) is 11.1. The van der Waals surface area contributed by atoms with Gasteiger partial charge < -0.3 is 9.80 Å². The predicted octanol–water partition coefficient (Wildman–Crippen LogP) is 8.01. The van der Waals surface area contributed by atoms with Crippen molar-refractivity contribution in [1.29, 1.82) is 0 Å². The van der Waals surface area contributed by atoms with Crippen LogP contribution in [0.3, 0.4) is 0 Å². The first-order chi connectivity index (χ1) is 28.8. The molecule has 274 valence electrons. The zero-order valence-corrected chi connectivity index (χ0v) is 34.0. The van der Waals surface area contributed by atoms with Crippen molar-refractivity contribution in [3.05, 3.63) is 243 Å². The van der Waals surface area contributed by atoms with E-state index in [4.69, 9.17) is 0 Å². The molecule has 0 unspecified atom stereocenters. The molecule has 0 aliphatic carbocycles. The smallest absolute Gasteiger partial charge is 0.184 e. The average molecular weight is 773 g/mol. The topological polar surface area (TPSA) is 6.48 Å². The van der Waals surface area contributed by atoms with Crippen molar-refractivity contribution in [2.45, 2.75) is 0 Å². The Morgan fingerprint density at radius 2 is 0.500 bits per heavy atom. The fourth-order valence-corrected chi connectivity index (χ4v) is 20.4. The first-order valence-corrected chi connectivity index (χ1v) is 24.1. The van der Waals surface area contributed by atoms with Crippen molar-refractivity contribution in [3.8, 4) is 0 Å². The lowest BCUT2D eigenvalue weighted by atomic mass is 10.1. The van der Waals surface area contributed by atoms with Crippen LogP contribution in [-0.2, 0) is 0 Å². The van der Waals surface area contributed by atoms with Crippen LogP contribution in [0.1, 0.15) is 0 Å². The van der Waals surface area contributed by atoms with E-state index in [9.17, 15) is 0 Å². The molecule has 11 rings (SSSR count). The second-order valence-electron chi connectivity index (χ2n) is 15.2. The van der Waals surface area contributed by atoms with Gasteiger partial charge in [0.2, 0.25) is 0 Å². The van der Waals surface area contributed by atoms with Crippen LogP contribution in [0.25, 0.3) is 0 Å². The van der Waals surface area contributed by atoms with E-state index in [-0.39, 0.29) is 0 Å². The molecule has 0 N–H and O–H groups in total. The van der Waals surface area contributed by atoms with Gasteiger partial charge in [-0.2, -0.15) is 0 Å². The lowest BCUT2D eigenvalue weighted by molar-refractivity contribution is 1.28. The molecule has 4 heteroatoms. The highest BCUT2D eigenvalue weighted by atomic mass is 28.3. The minimum atomic E-state index is -2.92. The average Bonchev–Trinajstić information content (AvgIpc) is 3.31. The zero-order valence-electron chi connectivity index (χ0n) is 32.0. The fourth-order valence-electron chi connectivity index (χ4n) is 10.1. The second-order valence-corrected chi connectivity index (χ2v) is 22.7. The number of para-hydroxylation sites is 5. The lowest BCUT2D eigenvalue weighted by Crippen LogP contribution is -2.77. The molecule has 58 heavy (non-hydrogen) atoms. The molecule has 0 spiro atoms. The monoisotopic (exact) mass is 772 g/mol. The molecule has 2 heterocycles. The molecule has 2 aliphatic heterocycles. The Balaban J connectivity index is 1.19. The molecular weight excluding hydrogens is 733 g/mol. The zero-order chi connectivity index (χ0) is 38.5. The first-order valence-electron chi connectivity index (χ1n) is 20.1. The summed E-state index contributed by atoms with van der Waals surface area (Å²) >= 11 is 0. The highest BCUT2D eigenvalue weighted by molar-refractivity contribution is 7.22. The Morgan fingerprint density at radius 3 is 0.897 bits per heavy atom. The minimum absolute atomic E-state index is 1.16. The molecule has 0 fully saturated rings. The number of nitrogens with zero attached hydrogens (tertiary/aromatic N) is 2. The van der Waals surface area contributed by atoms with E-state index >= 15 is 0 Å². The van der Waals surface area contributed by atoms with Gasteiger partial charge in [0.15, 0.2) is 16.1 Å². The number of benzene rings is 9. The molecule has 2 aliphatic rings. The van der Waals surface area contributed by atoms with Crippen LogP contribution >= 0.6 is 0 Å². The van der Waals surface area contributed by atoms with E-state index in [1.807, 2.05) is 0 Å². The molecule has 0 saturated carbocycles. The number of hydrogen-bond acceptors (Lipinski definition) is 2. The maximum Gasteiger partial charge on any atom is 0.184 e. The van der Waals surface area contributed by atoms with E-state index in [0.717, 1.165) is 5.69 Å². The molecule has 9 aromatic rings. The van der Waals surface area contributed by atoms with Gasteiger partial charge in [0.1, 0.15) is 0 Å². The second kappa shape index (κ2) is 13.9. The van der Waals surface area contributed by atoms with Gasteiger partial charge in [0.05, 0.1) is 0 Å². The summed E-state index contributed by atoms with van der Waals surface area (Å²) in [5.74, 6) is 0. The van der Waals surface area contributed by atoms with Crippen LogP contribution in [0.4, 0.5) is 34.1 Å². The standard InChI is InChI=1S/C54H40N2Si2/c1-5-22-41(23-6-1)55-47-32-13-19-38-53(47)58(45-29-11-4-12-30-45,54-39-20-14-33-48(54)55)46-31-21-24-42(40-46)56-49-34-15-17-36-51(49)57(43-25-7-2-8-26-43,44-27-9-3-10-28-44)52-37-18-16-35-50(52)56/h1-40H. The first kappa shape index (κ1) is 34.3. The molecule has 0 bridgehead atoms. The van der Waals surface area contributed by atoms with Gasteiger partial charge in [0, 0.05) is 34.1 Å². The van der Waals surface area contributed by atoms with E-state index < -0.39 is 16.1 Å². The SMILES string of the molecule is c1ccc(N2c3ccccc3[Si](c3ccccc3)(c3cccc(N4c5ccccc5[Si](c5ccccc5)(c5ccccc5)c5ccccc54)c3)c3ccccc32)cc1. The predicted molar refractivity (Wildman–Crippen MR) is 250 cm³/mol. The Morgan fingerprint density at radius 1 is 0.224 bits per heavy atom. The van der Waals surface area contributed by atoms with Gasteiger partial charge in [0.25, 0.3) is 0 Å². The number of anilines is 6. The normalized spacial score (nSPS) is 14.4. The molecule has 0 radical (unpaired) electrons. The number of fused-ring (bicyclic) bond motifs is 4. The Kier molecular flexibility index (Phi) is 8.21. The van der Waals surface area contributed by atoms with Crippen LogP contribution < -0.4 is 51.3 Å². The number of rotatable bonds is 6. The van der Waals surface area contributed by atoms with Crippen LogP contribution in [0.2, 0.25) is 0 Å². The number of hydrogen-bond donors (Lipinski definition) is 0. The molecular formula is C54H40N2Si2. The Hall–Kier alpha value is -6.99. The van der Waals surface area contributed by atoms with Crippen molar-refractivity contribution in [2.75, 3.05) is 9.80 Å². The van der Waals surface area contributed by atoms with E-state index in [1.54, 1.807) is 0 Å². The van der Waals surface area contributed by atoms with Crippen molar-refractivity contribution < 1.29 is 0 Å². The van der Waals surface area contributed by atoms with Crippen LogP contribution in [-0.4, -0.2) is 16.1 Å². The van der Waals surface area contributed by atoms with Crippen molar-refractivity contribution >= 4 is 91.8 Å². The molecule has 2 nitrogen and oxygen atoms in total. The highest BCUT2D eigenvalue weighted by Crippen LogP contribution is 2.40. The summed E-state index contributed by atoms with van der Waals surface area (Å²) in [6, 6.07) is 91.0. The summed E-state index contributed by atoms with van der Waals surface area (Å²) in [5.41, 5.74) is 7.30. The maximum absolute atomic E-state index is 2.92. The van der Waals surface area contributed by atoms with E-state index in [0.29, 0.717) is 0 Å². The molecule has 0 amide bonds. The van der Waals surface area contributed by atoms with Crippen molar-refractivity contribution in [2.24, 2.45) is 0 Å². The van der Waals surface area contributed by atoms with Gasteiger partial charge in [-0.25, -0.2) is 0 Å². The van der Waals surface area contributed by atoms with Gasteiger partial charge in [-0.1, -0.05) is 194 Å². The van der Waals surface area contributed by atoms with Gasteiger partial charge in [-0.05, 0) is 90.0 Å². The largest absolute Gasteiger partial charge is 0.311 e. The summed E-state index contributed by atoms with van der Waals surface area (Å²) in [6.45, 7) is 0. The van der Waals surface area contributed by atoms with Crippen LogP contribution in [0, 0.1) is 0 Å². The van der Waals surface area contributed by atoms with E-state index in [2.05, 4.69) is 252 Å². The van der Waals surface area contributed by atoms with E-state index in [1.165, 1.54) is 69.9 Å². The molecule has 0 saturated heterocycles. The van der Waals surface area contributed by atoms with Crippen molar-refractivity contribution in [1.82, 2.24) is 0 Å². The molecule has 9 aromatic carbocycles. The van der Waals surface area contributed by atoms with Crippen LogP contribution in [0.5, 0.6) is 0 Å².